The van der Waals surface area contributed by atoms with E-state index in [9.17, 15) is 5.11 Å². The number of ether oxygens (including phenoxy) is 1. The Morgan fingerprint density at radius 3 is 2.30 bits per heavy atom. The van der Waals surface area contributed by atoms with Crippen molar-refractivity contribution in [3.05, 3.63) is 0 Å². The van der Waals surface area contributed by atoms with E-state index in [0.717, 1.165) is 19.3 Å². The molecule has 0 bridgehead atoms. The van der Waals surface area contributed by atoms with Crippen LogP contribution in [0.25, 0.3) is 0 Å². The second-order valence-corrected chi connectivity index (χ2v) is 2.76. The summed E-state index contributed by atoms with van der Waals surface area (Å²) in [7, 11) is 1.62. The van der Waals surface area contributed by atoms with Gasteiger partial charge in [-0.2, -0.15) is 0 Å². The maximum absolute atomic E-state index is 9.70. The van der Waals surface area contributed by atoms with Crippen LogP contribution in [0.3, 0.4) is 0 Å². The van der Waals surface area contributed by atoms with Gasteiger partial charge in [-0.1, -0.05) is 20.3 Å². The number of hydrogen-bond donors (Lipinski definition) is 1. The summed E-state index contributed by atoms with van der Waals surface area (Å²) in [5, 5.41) is 9.70. The highest BCUT2D eigenvalue weighted by Gasteiger charge is 2.22. The smallest absolute Gasteiger partial charge is 0.0877 e. The number of hydrogen-bond acceptors (Lipinski definition) is 2. The Morgan fingerprint density at radius 2 is 2.00 bits per heavy atom. The van der Waals surface area contributed by atoms with E-state index in [2.05, 4.69) is 6.92 Å². The minimum atomic E-state index is -0.580. The van der Waals surface area contributed by atoms with Crippen LogP contribution in [0.5, 0.6) is 0 Å². The molecule has 1 atom stereocenters. The lowest BCUT2D eigenvalue weighted by Gasteiger charge is -2.24. The first kappa shape index (κ1) is 9.92. The minimum Gasteiger partial charge on any atom is -0.387 e. The lowest BCUT2D eigenvalue weighted by molar-refractivity contribution is -0.0401. The van der Waals surface area contributed by atoms with E-state index >= 15 is 0 Å². The molecule has 0 aromatic rings. The third kappa shape index (κ3) is 3.18. The molecule has 0 fully saturated rings. The molecule has 0 saturated carbocycles. The van der Waals surface area contributed by atoms with Gasteiger partial charge in [-0.25, -0.2) is 0 Å². The van der Waals surface area contributed by atoms with E-state index in [4.69, 9.17) is 4.74 Å². The molecule has 0 heterocycles. The Bertz CT molecular complexity index is 75.3. The van der Waals surface area contributed by atoms with Crippen molar-refractivity contribution in [1.29, 1.82) is 0 Å². The Hall–Kier alpha value is -0.0800. The maximum atomic E-state index is 9.70. The van der Waals surface area contributed by atoms with Gasteiger partial charge in [0, 0.05) is 7.11 Å². The van der Waals surface area contributed by atoms with Gasteiger partial charge in [0.15, 0.2) is 0 Å². The minimum absolute atomic E-state index is 0.456. The monoisotopic (exact) mass is 146 g/mol. The second kappa shape index (κ2) is 4.69. The molecule has 0 aromatic heterocycles. The van der Waals surface area contributed by atoms with Gasteiger partial charge in [-0.3, -0.25) is 0 Å². The molecule has 0 rings (SSSR count). The molecule has 1 unspecified atom stereocenters. The van der Waals surface area contributed by atoms with E-state index < -0.39 is 5.60 Å². The van der Waals surface area contributed by atoms with E-state index in [1.165, 1.54) is 0 Å². The average molecular weight is 146 g/mol. The molecular weight excluding hydrogens is 128 g/mol. The molecule has 2 heteroatoms. The van der Waals surface area contributed by atoms with Gasteiger partial charge < -0.3 is 9.84 Å². The highest BCUT2D eigenvalue weighted by Crippen LogP contribution is 2.16. The van der Waals surface area contributed by atoms with Crippen molar-refractivity contribution in [2.45, 2.75) is 38.7 Å². The summed E-state index contributed by atoms with van der Waals surface area (Å²) in [6.45, 7) is 4.50. The van der Waals surface area contributed by atoms with E-state index in [1.54, 1.807) is 7.11 Å². The molecule has 0 aliphatic carbocycles. The SMILES string of the molecule is CCCC(O)(CC)COC. The van der Waals surface area contributed by atoms with Crippen molar-refractivity contribution in [1.82, 2.24) is 0 Å². The summed E-state index contributed by atoms with van der Waals surface area (Å²) < 4.78 is 4.90. The van der Waals surface area contributed by atoms with E-state index in [-0.39, 0.29) is 0 Å². The average Bonchev–Trinajstić information content (AvgIpc) is 1.89. The van der Waals surface area contributed by atoms with Crippen LogP contribution in [-0.2, 0) is 4.74 Å². The summed E-state index contributed by atoms with van der Waals surface area (Å²) in [5.41, 5.74) is -0.580. The molecule has 2 nitrogen and oxygen atoms in total. The van der Waals surface area contributed by atoms with Gasteiger partial charge in [0.1, 0.15) is 0 Å². The summed E-state index contributed by atoms with van der Waals surface area (Å²) in [5.74, 6) is 0. The summed E-state index contributed by atoms with van der Waals surface area (Å²) in [4.78, 5) is 0. The van der Waals surface area contributed by atoms with Crippen LogP contribution < -0.4 is 0 Å². The van der Waals surface area contributed by atoms with E-state index in [0.29, 0.717) is 6.61 Å². The number of rotatable bonds is 5. The lowest BCUT2D eigenvalue weighted by Crippen LogP contribution is -2.32. The molecule has 0 aliphatic heterocycles. The Morgan fingerprint density at radius 1 is 1.40 bits per heavy atom. The fraction of sp³-hybridized carbons (Fsp3) is 1.00. The van der Waals surface area contributed by atoms with Crippen molar-refractivity contribution in [2.24, 2.45) is 0 Å². The topological polar surface area (TPSA) is 29.5 Å². The van der Waals surface area contributed by atoms with Crippen molar-refractivity contribution in [2.75, 3.05) is 13.7 Å². The normalized spacial score (nSPS) is 16.8. The molecular formula is C8H18O2. The van der Waals surface area contributed by atoms with Crippen LogP contribution in [0.1, 0.15) is 33.1 Å². The Balaban J connectivity index is 3.69. The zero-order chi connectivity index (χ0) is 8.04. The standard InChI is InChI=1S/C8H18O2/c1-4-6-8(9,5-2)7-10-3/h9H,4-7H2,1-3H3. The van der Waals surface area contributed by atoms with Crippen LogP contribution in [0.2, 0.25) is 0 Å². The molecule has 0 saturated heterocycles. The zero-order valence-electron chi connectivity index (χ0n) is 7.18. The predicted molar refractivity (Wildman–Crippen MR) is 42.0 cm³/mol. The Kier molecular flexibility index (Phi) is 4.65. The maximum Gasteiger partial charge on any atom is 0.0877 e. The highest BCUT2D eigenvalue weighted by atomic mass is 16.5. The Labute approximate surface area is 63.2 Å². The van der Waals surface area contributed by atoms with Crippen LogP contribution in [-0.4, -0.2) is 24.4 Å². The third-order valence-electron chi connectivity index (χ3n) is 1.79. The first-order chi connectivity index (χ1) is 4.68. The van der Waals surface area contributed by atoms with E-state index in [1.807, 2.05) is 6.92 Å². The van der Waals surface area contributed by atoms with Crippen molar-refractivity contribution < 1.29 is 9.84 Å². The molecule has 0 spiro atoms. The zero-order valence-corrected chi connectivity index (χ0v) is 7.18. The van der Waals surface area contributed by atoms with Gasteiger partial charge in [0.25, 0.3) is 0 Å². The largest absolute Gasteiger partial charge is 0.387 e. The summed E-state index contributed by atoms with van der Waals surface area (Å²) in [6.07, 6.45) is 2.61. The van der Waals surface area contributed by atoms with Gasteiger partial charge in [-0.15, -0.1) is 0 Å². The van der Waals surface area contributed by atoms with Crippen molar-refractivity contribution in [3.8, 4) is 0 Å². The molecule has 0 aromatic carbocycles. The molecule has 1 N–H and O–H groups in total. The summed E-state index contributed by atoms with van der Waals surface area (Å²) >= 11 is 0. The predicted octanol–water partition coefficient (Wildman–Crippen LogP) is 1.57. The van der Waals surface area contributed by atoms with Crippen molar-refractivity contribution >= 4 is 0 Å². The molecule has 62 valence electrons. The fourth-order valence-electron chi connectivity index (χ4n) is 1.09. The molecule has 0 aliphatic rings. The molecule has 10 heavy (non-hydrogen) atoms. The lowest BCUT2D eigenvalue weighted by atomic mass is 9.96. The molecule has 0 radical (unpaired) electrons. The first-order valence-corrected chi connectivity index (χ1v) is 3.90. The second-order valence-electron chi connectivity index (χ2n) is 2.76. The summed E-state index contributed by atoms with van der Waals surface area (Å²) in [6, 6.07) is 0. The number of methoxy groups -OCH3 is 1. The van der Waals surface area contributed by atoms with Crippen LogP contribution in [0.15, 0.2) is 0 Å². The van der Waals surface area contributed by atoms with Gasteiger partial charge >= 0.3 is 0 Å². The molecule has 0 amide bonds. The van der Waals surface area contributed by atoms with Gasteiger partial charge in [0.2, 0.25) is 0 Å². The first-order valence-electron chi connectivity index (χ1n) is 3.90. The van der Waals surface area contributed by atoms with Crippen LogP contribution in [0.4, 0.5) is 0 Å². The third-order valence-corrected chi connectivity index (χ3v) is 1.79. The van der Waals surface area contributed by atoms with Crippen molar-refractivity contribution in [3.63, 3.8) is 0 Å². The number of aliphatic hydroxyl groups is 1. The highest BCUT2D eigenvalue weighted by molar-refractivity contribution is 4.74. The quantitative estimate of drug-likeness (QED) is 0.638. The van der Waals surface area contributed by atoms with Gasteiger partial charge in [-0.05, 0) is 12.8 Å². The van der Waals surface area contributed by atoms with Crippen LogP contribution >= 0.6 is 0 Å². The van der Waals surface area contributed by atoms with Crippen LogP contribution in [0, 0.1) is 0 Å². The van der Waals surface area contributed by atoms with Gasteiger partial charge in [0.05, 0.1) is 12.2 Å². The fourth-order valence-corrected chi connectivity index (χ4v) is 1.09.